The van der Waals surface area contributed by atoms with Crippen molar-refractivity contribution in [1.29, 1.82) is 0 Å². The van der Waals surface area contributed by atoms with Crippen LogP contribution in [0.25, 0.3) is 11.6 Å². The summed E-state index contributed by atoms with van der Waals surface area (Å²) in [5.41, 5.74) is 4.37. The molecule has 0 amide bonds. The molecule has 4 heteroatoms. The fourth-order valence-electron chi connectivity index (χ4n) is 3.12. The predicted octanol–water partition coefficient (Wildman–Crippen LogP) is 5.97. The number of ketones is 1. The van der Waals surface area contributed by atoms with E-state index in [0.29, 0.717) is 16.7 Å². The highest BCUT2D eigenvalue weighted by molar-refractivity contribution is 6.06. The molecule has 0 saturated heterocycles. The molecule has 3 aromatic rings. The normalized spacial score (nSPS) is 11.9. The molecule has 1 N–H and O–H groups in total. The summed E-state index contributed by atoms with van der Waals surface area (Å²) in [4.78, 5) is 24.1. The Morgan fingerprint density at radius 2 is 1.37 bits per heavy atom. The molecule has 0 radical (unpaired) electrons. The molecular formula is C26H21FO3. The van der Waals surface area contributed by atoms with Crippen LogP contribution in [0.15, 0.2) is 85.5 Å². The lowest BCUT2D eigenvalue weighted by Gasteiger charge is -2.14. The molecule has 3 nitrogen and oxygen atoms in total. The number of halogens is 1. The Balaban J connectivity index is 1.78. The fraction of sp³-hybridized carbons (Fsp3) is 0.0769. The van der Waals surface area contributed by atoms with Gasteiger partial charge in [0.1, 0.15) is 11.7 Å². The minimum absolute atomic E-state index is 0.236. The third-order valence-electron chi connectivity index (χ3n) is 4.81. The summed E-state index contributed by atoms with van der Waals surface area (Å²) in [7, 11) is 0. The standard InChI is InChI=1S/C26H21FO3/c1-17(2)19-8-10-22(11-9-19)25(26(29)30)21-6-3-18(4-7-21)5-16-24(28)20-12-14-23(27)15-13-20/h3-16,25H,1H2,2H3,(H,29,30)/b16-5+. The van der Waals surface area contributed by atoms with E-state index in [2.05, 4.69) is 6.58 Å². The third-order valence-corrected chi connectivity index (χ3v) is 4.81. The molecule has 0 bridgehead atoms. The first-order valence-corrected chi connectivity index (χ1v) is 9.42. The summed E-state index contributed by atoms with van der Waals surface area (Å²) in [6, 6.07) is 19.7. The summed E-state index contributed by atoms with van der Waals surface area (Å²) in [6.07, 6.45) is 3.06. The van der Waals surface area contributed by atoms with E-state index in [-0.39, 0.29) is 5.78 Å². The predicted molar refractivity (Wildman–Crippen MR) is 117 cm³/mol. The van der Waals surface area contributed by atoms with Gasteiger partial charge in [-0.25, -0.2) is 4.39 Å². The lowest BCUT2D eigenvalue weighted by molar-refractivity contribution is -0.137. The van der Waals surface area contributed by atoms with Gasteiger partial charge in [0.05, 0.1) is 0 Å². The minimum atomic E-state index is -0.937. The van der Waals surface area contributed by atoms with E-state index >= 15 is 0 Å². The Bertz CT molecular complexity index is 1090. The van der Waals surface area contributed by atoms with E-state index < -0.39 is 17.7 Å². The Hall–Kier alpha value is -3.79. The highest BCUT2D eigenvalue weighted by Gasteiger charge is 2.22. The van der Waals surface area contributed by atoms with E-state index in [9.17, 15) is 19.1 Å². The Kier molecular flexibility index (Phi) is 6.38. The monoisotopic (exact) mass is 400 g/mol. The van der Waals surface area contributed by atoms with Gasteiger partial charge >= 0.3 is 5.97 Å². The van der Waals surface area contributed by atoms with Crippen molar-refractivity contribution in [2.75, 3.05) is 0 Å². The molecule has 150 valence electrons. The molecule has 0 aromatic heterocycles. The van der Waals surface area contributed by atoms with Crippen LogP contribution in [0.1, 0.15) is 45.5 Å². The number of carbonyl (C=O) groups excluding carboxylic acids is 1. The molecule has 0 fully saturated rings. The number of aliphatic carboxylic acids is 1. The van der Waals surface area contributed by atoms with Crippen LogP contribution >= 0.6 is 0 Å². The maximum atomic E-state index is 13.0. The zero-order valence-electron chi connectivity index (χ0n) is 16.5. The fourth-order valence-corrected chi connectivity index (χ4v) is 3.12. The van der Waals surface area contributed by atoms with Crippen LogP contribution < -0.4 is 0 Å². The smallest absolute Gasteiger partial charge is 0.315 e. The first-order valence-electron chi connectivity index (χ1n) is 9.42. The quantitative estimate of drug-likeness (QED) is 0.393. The second-order valence-corrected chi connectivity index (χ2v) is 7.04. The second kappa shape index (κ2) is 9.14. The van der Waals surface area contributed by atoms with Gasteiger partial charge in [-0.2, -0.15) is 0 Å². The summed E-state index contributed by atoms with van der Waals surface area (Å²) in [5, 5.41) is 9.75. The van der Waals surface area contributed by atoms with Crippen molar-refractivity contribution in [2.24, 2.45) is 0 Å². The van der Waals surface area contributed by atoms with E-state index in [1.165, 1.54) is 30.3 Å². The van der Waals surface area contributed by atoms with Crippen molar-refractivity contribution in [2.45, 2.75) is 12.8 Å². The topological polar surface area (TPSA) is 54.4 Å². The number of benzene rings is 3. The van der Waals surface area contributed by atoms with Crippen LogP contribution in [-0.2, 0) is 4.79 Å². The van der Waals surface area contributed by atoms with Gasteiger partial charge in [0.2, 0.25) is 0 Å². The zero-order chi connectivity index (χ0) is 21.7. The molecule has 3 aromatic carbocycles. The Morgan fingerprint density at radius 1 is 0.867 bits per heavy atom. The van der Waals surface area contributed by atoms with Gasteiger partial charge in [0, 0.05) is 5.56 Å². The molecule has 3 rings (SSSR count). The number of rotatable bonds is 7. The van der Waals surface area contributed by atoms with E-state index in [0.717, 1.165) is 16.7 Å². The average molecular weight is 400 g/mol. The molecule has 30 heavy (non-hydrogen) atoms. The summed E-state index contributed by atoms with van der Waals surface area (Å²) < 4.78 is 13.0. The maximum Gasteiger partial charge on any atom is 0.315 e. The molecule has 0 aliphatic heterocycles. The highest BCUT2D eigenvalue weighted by atomic mass is 19.1. The Morgan fingerprint density at radius 3 is 1.87 bits per heavy atom. The van der Waals surface area contributed by atoms with E-state index in [1.54, 1.807) is 42.5 Å². The van der Waals surface area contributed by atoms with Crippen LogP contribution in [0.3, 0.4) is 0 Å². The molecule has 0 aliphatic rings. The van der Waals surface area contributed by atoms with Crippen molar-refractivity contribution >= 4 is 23.4 Å². The van der Waals surface area contributed by atoms with Gasteiger partial charge in [-0.3, -0.25) is 9.59 Å². The van der Waals surface area contributed by atoms with Gasteiger partial charge in [-0.15, -0.1) is 0 Å². The highest BCUT2D eigenvalue weighted by Crippen LogP contribution is 2.27. The molecule has 1 atom stereocenters. The van der Waals surface area contributed by atoms with Crippen molar-refractivity contribution in [3.05, 3.63) is 119 Å². The lowest BCUT2D eigenvalue weighted by Crippen LogP contribution is -2.13. The molecule has 0 aliphatic carbocycles. The zero-order valence-corrected chi connectivity index (χ0v) is 16.5. The van der Waals surface area contributed by atoms with Gasteiger partial charge in [-0.05, 0) is 59.5 Å². The van der Waals surface area contributed by atoms with Crippen molar-refractivity contribution in [1.82, 2.24) is 0 Å². The third kappa shape index (κ3) is 4.97. The number of carbonyl (C=O) groups is 2. The van der Waals surface area contributed by atoms with Crippen molar-refractivity contribution in [3.63, 3.8) is 0 Å². The first-order chi connectivity index (χ1) is 14.3. The van der Waals surface area contributed by atoms with Gasteiger partial charge < -0.3 is 5.11 Å². The average Bonchev–Trinajstić information content (AvgIpc) is 2.74. The number of hydrogen-bond donors (Lipinski definition) is 1. The number of allylic oxidation sites excluding steroid dienone is 2. The van der Waals surface area contributed by atoms with Crippen molar-refractivity contribution < 1.29 is 19.1 Å². The first kappa shape index (κ1) is 20.9. The molecular weight excluding hydrogens is 379 g/mol. The SMILES string of the molecule is C=C(C)c1ccc(C(C(=O)O)c2ccc(/C=C/C(=O)c3ccc(F)cc3)cc2)cc1. The number of carboxylic acids is 1. The van der Waals surface area contributed by atoms with Crippen LogP contribution in [-0.4, -0.2) is 16.9 Å². The molecule has 0 spiro atoms. The second-order valence-electron chi connectivity index (χ2n) is 7.04. The molecule has 1 unspecified atom stereocenters. The summed E-state index contributed by atoms with van der Waals surface area (Å²) in [6.45, 7) is 5.79. The van der Waals surface area contributed by atoms with Gasteiger partial charge in [-0.1, -0.05) is 66.8 Å². The minimum Gasteiger partial charge on any atom is -0.481 e. The van der Waals surface area contributed by atoms with E-state index in [4.69, 9.17) is 0 Å². The largest absolute Gasteiger partial charge is 0.481 e. The van der Waals surface area contributed by atoms with Crippen LogP contribution in [0, 0.1) is 5.82 Å². The molecule has 0 heterocycles. The van der Waals surface area contributed by atoms with Crippen LogP contribution in [0.4, 0.5) is 4.39 Å². The maximum absolute atomic E-state index is 13.0. The van der Waals surface area contributed by atoms with E-state index in [1.807, 2.05) is 19.1 Å². The lowest BCUT2D eigenvalue weighted by atomic mass is 9.90. The van der Waals surface area contributed by atoms with Gasteiger partial charge in [0.15, 0.2) is 5.78 Å². The van der Waals surface area contributed by atoms with Crippen LogP contribution in [0.2, 0.25) is 0 Å². The summed E-state index contributed by atoms with van der Waals surface area (Å²) in [5.74, 6) is -2.36. The van der Waals surface area contributed by atoms with Crippen molar-refractivity contribution in [3.8, 4) is 0 Å². The summed E-state index contributed by atoms with van der Waals surface area (Å²) >= 11 is 0. The number of hydrogen-bond acceptors (Lipinski definition) is 2. The van der Waals surface area contributed by atoms with Crippen LogP contribution in [0.5, 0.6) is 0 Å². The molecule has 0 saturated carbocycles. The Labute approximate surface area is 174 Å². The number of carboxylic acid groups (broad SMARTS) is 1. The van der Waals surface area contributed by atoms with Gasteiger partial charge in [0.25, 0.3) is 0 Å².